The van der Waals surface area contributed by atoms with E-state index in [-0.39, 0.29) is 5.91 Å². The van der Waals surface area contributed by atoms with E-state index in [1.165, 1.54) is 12.3 Å². The van der Waals surface area contributed by atoms with Crippen LogP contribution in [0.15, 0.2) is 60.9 Å². The maximum atomic E-state index is 13.3. The Labute approximate surface area is 166 Å². The van der Waals surface area contributed by atoms with Gasteiger partial charge in [-0.25, -0.2) is 18.7 Å². The summed E-state index contributed by atoms with van der Waals surface area (Å²) >= 11 is 0. The highest BCUT2D eigenvalue weighted by Crippen LogP contribution is 2.19. The van der Waals surface area contributed by atoms with Crippen LogP contribution in [0.5, 0.6) is 0 Å². The van der Waals surface area contributed by atoms with Crippen LogP contribution in [0, 0.1) is 11.6 Å². The van der Waals surface area contributed by atoms with E-state index in [0.717, 1.165) is 18.0 Å². The van der Waals surface area contributed by atoms with E-state index < -0.39 is 11.6 Å². The minimum absolute atomic E-state index is 0.0856. The number of carbonyl (C=O) groups is 1. The van der Waals surface area contributed by atoms with Crippen LogP contribution in [0.1, 0.15) is 10.4 Å². The van der Waals surface area contributed by atoms with Gasteiger partial charge in [0, 0.05) is 50.3 Å². The third-order valence-electron chi connectivity index (χ3n) is 4.74. The number of nitrogens with zero attached hydrogens (tertiary/aromatic N) is 4. The van der Waals surface area contributed by atoms with Crippen molar-refractivity contribution in [3.05, 3.63) is 78.1 Å². The second-order valence-corrected chi connectivity index (χ2v) is 6.65. The zero-order valence-corrected chi connectivity index (χ0v) is 15.6. The van der Waals surface area contributed by atoms with Crippen LogP contribution in [0.4, 0.5) is 26.1 Å². The SMILES string of the molecule is O=C(c1ccc(Nc2ccc(F)c(F)c2)nc1)N1CCN(c2ccccn2)CC1. The number of halogens is 2. The number of pyridine rings is 2. The van der Waals surface area contributed by atoms with Crippen LogP contribution in [0.3, 0.4) is 0 Å². The molecule has 29 heavy (non-hydrogen) atoms. The average molecular weight is 395 g/mol. The Morgan fingerprint density at radius 1 is 0.931 bits per heavy atom. The lowest BCUT2D eigenvalue weighted by molar-refractivity contribution is 0.0746. The van der Waals surface area contributed by atoms with Gasteiger partial charge in [-0.05, 0) is 36.4 Å². The molecule has 3 heterocycles. The molecule has 3 aromatic rings. The fourth-order valence-electron chi connectivity index (χ4n) is 3.18. The zero-order valence-electron chi connectivity index (χ0n) is 15.6. The normalized spacial score (nSPS) is 14.0. The van der Waals surface area contributed by atoms with Gasteiger partial charge in [0.15, 0.2) is 11.6 Å². The van der Waals surface area contributed by atoms with E-state index in [9.17, 15) is 13.6 Å². The Kier molecular flexibility index (Phi) is 5.33. The quantitative estimate of drug-likeness (QED) is 0.733. The summed E-state index contributed by atoms with van der Waals surface area (Å²) in [7, 11) is 0. The van der Waals surface area contributed by atoms with Gasteiger partial charge >= 0.3 is 0 Å². The molecule has 0 atom stereocenters. The molecule has 0 bridgehead atoms. The number of rotatable bonds is 4. The van der Waals surface area contributed by atoms with E-state index in [0.29, 0.717) is 43.2 Å². The smallest absolute Gasteiger partial charge is 0.255 e. The molecule has 0 aliphatic carbocycles. The molecule has 0 spiro atoms. The third-order valence-corrected chi connectivity index (χ3v) is 4.74. The van der Waals surface area contributed by atoms with E-state index >= 15 is 0 Å². The van der Waals surface area contributed by atoms with E-state index in [4.69, 9.17) is 0 Å². The van der Waals surface area contributed by atoms with Gasteiger partial charge in [0.1, 0.15) is 11.6 Å². The first-order chi connectivity index (χ1) is 14.1. The summed E-state index contributed by atoms with van der Waals surface area (Å²) in [4.78, 5) is 25.2. The number of anilines is 3. The predicted molar refractivity (Wildman–Crippen MR) is 106 cm³/mol. The fraction of sp³-hybridized carbons (Fsp3) is 0.190. The summed E-state index contributed by atoms with van der Waals surface area (Å²) in [6.07, 6.45) is 3.24. The van der Waals surface area contributed by atoms with E-state index in [2.05, 4.69) is 20.2 Å². The molecule has 0 radical (unpaired) electrons. The Morgan fingerprint density at radius 2 is 1.76 bits per heavy atom. The molecule has 8 heteroatoms. The summed E-state index contributed by atoms with van der Waals surface area (Å²) in [5.74, 6) is -0.585. The molecule has 0 saturated carbocycles. The zero-order chi connectivity index (χ0) is 20.2. The molecule has 148 valence electrons. The number of benzene rings is 1. The Morgan fingerprint density at radius 3 is 2.41 bits per heavy atom. The molecule has 0 unspecified atom stereocenters. The first-order valence-corrected chi connectivity index (χ1v) is 9.23. The highest BCUT2D eigenvalue weighted by Gasteiger charge is 2.23. The second-order valence-electron chi connectivity index (χ2n) is 6.65. The van der Waals surface area contributed by atoms with Crippen molar-refractivity contribution in [3.63, 3.8) is 0 Å². The number of hydrogen-bond acceptors (Lipinski definition) is 5. The Bertz CT molecular complexity index is 990. The van der Waals surface area contributed by atoms with Crippen molar-refractivity contribution in [2.45, 2.75) is 0 Å². The lowest BCUT2D eigenvalue weighted by atomic mass is 10.2. The number of carbonyl (C=O) groups excluding carboxylic acids is 1. The molecule has 1 aromatic carbocycles. The summed E-state index contributed by atoms with van der Waals surface area (Å²) in [6.45, 7) is 2.63. The van der Waals surface area contributed by atoms with Crippen molar-refractivity contribution in [2.75, 3.05) is 36.4 Å². The maximum Gasteiger partial charge on any atom is 0.255 e. The summed E-state index contributed by atoms with van der Waals surface area (Å²) in [6, 6.07) is 12.6. The first-order valence-electron chi connectivity index (χ1n) is 9.23. The van der Waals surface area contributed by atoms with Gasteiger partial charge < -0.3 is 15.1 Å². The number of nitrogens with one attached hydrogen (secondary N) is 1. The average Bonchev–Trinajstić information content (AvgIpc) is 2.77. The minimum atomic E-state index is -0.938. The van der Waals surface area contributed by atoms with Crippen LogP contribution < -0.4 is 10.2 Å². The number of amides is 1. The van der Waals surface area contributed by atoms with Gasteiger partial charge in [0.25, 0.3) is 5.91 Å². The van der Waals surface area contributed by atoms with Crippen molar-refractivity contribution < 1.29 is 13.6 Å². The predicted octanol–water partition coefficient (Wildman–Crippen LogP) is 3.46. The lowest BCUT2D eigenvalue weighted by Crippen LogP contribution is -2.49. The number of piperazine rings is 1. The summed E-state index contributed by atoms with van der Waals surface area (Å²) in [5, 5.41) is 2.89. The maximum absolute atomic E-state index is 13.3. The molecular weight excluding hydrogens is 376 g/mol. The monoisotopic (exact) mass is 395 g/mol. The standard InChI is InChI=1S/C21H19F2N5O/c22-17-6-5-16(13-18(17)23)26-19-7-4-15(14-25-19)21(29)28-11-9-27(10-12-28)20-3-1-2-8-24-20/h1-8,13-14H,9-12H2,(H,25,26). The van der Waals surface area contributed by atoms with E-state index in [1.807, 2.05) is 18.2 Å². The largest absolute Gasteiger partial charge is 0.353 e. The van der Waals surface area contributed by atoms with Gasteiger partial charge in [-0.15, -0.1) is 0 Å². The topological polar surface area (TPSA) is 61.4 Å². The van der Waals surface area contributed by atoms with Gasteiger partial charge in [-0.2, -0.15) is 0 Å². The Balaban J connectivity index is 1.36. The minimum Gasteiger partial charge on any atom is -0.353 e. The molecule has 1 fully saturated rings. The first kappa shape index (κ1) is 18.8. The van der Waals surface area contributed by atoms with Crippen LogP contribution in [-0.4, -0.2) is 47.0 Å². The van der Waals surface area contributed by atoms with E-state index in [1.54, 1.807) is 23.2 Å². The van der Waals surface area contributed by atoms with Gasteiger partial charge in [-0.1, -0.05) is 6.07 Å². The molecule has 6 nitrogen and oxygen atoms in total. The highest BCUT2D eigenvalue weighted by molar-refractivity contribution is 5.94. The number of aromatic nitrogens is 2. The van der Waals surface area contributed by atoms with Crippen LogP contribution in [0.25, 0.3) is 0 Å². The van der Waals surface area contributed by atoms with Gasteiger partial charge in [-0.3, -0.25) is 4.79 Å². The molecule has 1 aliphatic rings. The van der Waals surface area contributed by atoms with Gasteiger partial charge in [0.2, 0.25) is 0 Å². The molecule has 1 amide bonds. The van der Waals surface area contributed by atoms with Crippen LogP contribution >= 0.6 is 0 Å². The van der Waals surface area contributed by atoms with Crippen molar-refractivity contribution in [1.29, 1.82) is 0 Å². The molecular formula is C21H19F2N5O. The fourth-order valence-corrected chi connectivity index (χ4v) is 3.18. The third kappa shape index (κ3) is 4.31. The van der Waals surface area contributed by atoms with Crippen LogP contribution in [0.2, 0.25) is 0 Å². The second kappa shape index (κ2) is 8.22. The summed E-state index contributed by atoms with van der Waals surface area (Å²) < 4.78 is 26.3. The number of hydrogen-bond donors (Lipinski definition) is 1. The van der Waals surface area contributed by atoms with Crippen molar-refractivity contribution >= 4 is 23.2 Å². The highest BCUT2D eigenvalue weighted by atomic mass is 19.2. The van der Waals surface area contributed by atoms with Gasteiger partial charge in [0.05, 0.1) is 5.56 Å². The van der Waals surface area contributed by atoms with Crippen molar-refractivity contribution in [3.8, 4) is 0 Å². The summed E-state index contributed by atoms with van der Waals surface area (Å²) in [5.41, 5.74) is 0.855. The molecule has 1 saturated heterocycles. The molecule has 1 N–H and O–H groups in total. The molecule has 1 aliphatic heterocycles. The van der Waals surface area contributed by atoms with Crippen molar-refractivity contribution in [1.82, 2.24) is 14.9 Å². The molecule has 4 rings (SSSR count). The Hall–Kier alpha value is -3.55. The van der Waals surface area contributed by atoms with Crippen LogP contribution in [-0.2, 0) is 0 Å². The lowest BCUT2D eigenvalue weighted by Gasteiger charge is -2.35. The molecule has 2 aromatic heterocycles. The van der Waals surface area contributed by atoms with Crippen molar-refractivity contribution in [2.24, 2.45) is 0 Å².